The third kappa shape index (κ3) is 10.9. The number of ether oxygens (including phenoxy) is 4. The number of carbonyl (C=O) groups excluding carboxylic acids is 2. The fraction of sp³-hybridized carbons (Fsp3) is 0.895. The van der Waals surface area contributed by atoms with Gasteiger partial charge in [-0.2, -0.15) is 0 Å². The van der Waals surface area contributed by atoms with Gasteiger partial charge in [0.1, 0.15) is 0 Å². The van der Waals surface area contributed by atoms with Gasteiger partial charge in [0.25, 0.3) is 0 Å². The van der Waals surface area contributed by atoms with Crippen LogP contribution in [0, 0.1) is 5.92 Å². The molecule has 2 amide bonds. The van der Waals surface area contributed by atoms with E-state index in [4.69, 9.17) is 24.7 Å². The maximum Gasteiger partial charge on any atom is 0.237 e. The molecule has 0 aliphatic carbocycles. The van der Waals surface area contributed by atoms with Crippen molar-refractivity contribution in [2.75, 3.05) is 72.5 Å². The zero-order valence-electron chi connectivity index (χ0n) is 17.3. The number of hydrogen-bond donors (Lipinski definition) is 2. The Labute approximate surface area is 168 Å². The summed E-state index contributed by atoms with van der Waals surface area (Å²) in [5, 5.41) is 2.75. The van der Waals surface area contributed by atoms with E-state index in [1.165, 1.54) is 0 Å². The van der Waals surface area contributed by atoms with Gasteiger partial charge in [-0.15, -0.1) is 0 Å². The minimum absolute atomic E-state index is 0.0542. The standard InChI is InChI=1S/C19H37N3O6/c1-3-16(2)18(20)19(24)21-5-4-17(23)22-6-8-25-10-12-27-14-15-28-13-11-26-9-7-22/h16,18H,3-15,20H2,1-2H3,(H,21,24)/t16-,18+/m0/s1. The average Bonchev–Trinajstić information content (AvgIpc) is 2.71. The van der Waals surface area contributed by atoms with Gasteiger partial charge in [0.15, 0.2) is 0 Å². The fourth-order valence-electron chi connectivity index (χ4n) is 2.55. The van der Waals surface area contributed by atoms with Gasteiger partial charge in [-0.3, -0.25) is 9.59 Å². The maximum absolute atomic E-state index is 12.5. The van der Waals surface area contributed by atoms with Crippen molar-refractivity contribution in [1.29, 1.82) is 0 Å². The highest BCUT2D eigenvalue weighted by molar-refractivity contribution is 5.82. The van der Waals surface area contributed by atoms with E-state index in [1.54, 1.807) is 4.90 Å². The van der Waals surface area contributed by atoms with Crippen LogP contribution in [0.1, 0.15) is 26.7 Å². The summed E-state index contributed by atoms with van der Waals surface area (Å²) < 4.78 is 21.8. The Morgan fingerprint density at radius 1 is 0.929 bits per heavy atom. The molecule has 2 atom stereocenters. The van der Waals surface area contributed by atoms with Crippen molar-refractivity contribution in [2.45, 2.75) is 32.7 Å². The first kappa shape index (κ1) is 24.8. The minimum Gasteiger partial charge on any atom is -0.377 e. The molecule has 0 aromatic carbocycles. The largest absolute Gasteiger partial charge is 0.377 e. The van der Waals surface area contributed by atoms with Crippen LogP contribution in [0.4, 0.5) is 0 Å². The number of rotatable bonds is 6. The van der Waals surface area contributed by atoms with Crippen LogP contribution in [0.3, 0.4) is 0 Å². The summed E-state index contributed by atoms with van der Waals surface area (Å²) in [6, 6.07) is -0.551. The van der Waals surface area contributed by atoms with Crippen molar-refractivity contribution < 1.29 is 28.5 Å². The van der Waals surface area contributed by atoms with Crippen LogP contribution >= 0.6 is 0 Å². The monoisotopic (exact) mass is 403 g/mol. The van der Waals surface area contributed by atoms with Crippen LogP contribution in [0.15, 0.2) is 0 Å². The smallest absolute Gasteiger partial charge is 0.237 e. The molecule has 0 aromatic heterocycles. The summed E-state index contributed by atoms with van der Waals surface area (Å²) in [6.07, 6.45) is 1.04. The van der Waals surface area contributed by atoms with Crippen LogP contribution in [0.2, 0.25) is 0 Å². The molecule has 1 fully saturated rings. The second-order valence-corrected chi connectivity index (χ2v) is 6.78. The van der Waals surface area contributed by atoms with Crippen molar-refractivity contribution in [3.05, 3.63) is 0 Å². The van der Waals surface area contributed by atoms with E-state index < -0.39 is 6.04 Å². The van der Waals surface area contributed by atoms with Crippen LogP contribution in [-0.2, 0) is 28.5 Å². The highest BCUT2D eigenvalue weighted by Crippen LogP contribution is 2.05. The van der Waals surface area contributed by atoms with E-state index in [2.05, 4.69) is 5.32 Å². The van der Waals surface area contributed by atoms with Crippen LogP contribution in [-0.4, -0.2) is 95.2 Å². The molecular formula is C19H37N3O6. The molecule has 0 bridgehead atoms. The molecular weight excluding hydrogens is 366 g/mol. The Balaban J connectivity index is 2.39. The summed E-state index contributed by atoms with van der Waals surface area (Å²) in [5.74, 6) is -0.169. The lowest BCUT2D eigenvalue weighted by molar-refractivity contribution is -0.133. The van der Waals surface area contributed by atoms with E-state index in [0.29, 0.717) is 65.9 Å². The number of carbonyl (C=O) groups is 2. The lowest BCUT2D eigenvalue weighted by Gasteiger charge is -2.23. The van der Waals surface area contributed by atoms with Gasteiger partial charge in [-0.05, 0) is 5.92 Å². The van der Waals surface area contributed by atoms with Gasteiger partial charge in [0, 0.05) is 26.1 Å². The van der Waals surface area contributed by atoms with Gasteiger partial charge in [-0.1, -0.05) is 20.3 Å². The van der Waals surface area contributed by atoms with E-state index >= 15 is 0 Å². The summed E-state index contributed by atoms with van der Waals surface area (Å²) >= 11 is 0. The first-order chi connectivity index (χ1) is 13.6. The third-order valence-corrected chi connectivity index (χ3v) is 4.68. The molecule has 1 rings (SSSR count). The van der Waals surface area contributed by atoms with Gasteiger partial charge >= 0.3 is 0 Å². The maximum atomic E-state index is 12.5. The van der Waals surface area contributed by atoms with Crippen LogP contribution < -0.4 is 11.1 Å². The quantitative estimate of drug-likeness (QED) is 0.630. The zero-order valence-corrected chi connectivity index (χ0v) is 17.3. The molecule has 9 nitrogen and oxygen atoms in total. The molecule has 9 heteroatoms. The average molecular weight is 404 g/mol. The molecule has 1 heterocycles. The number of hydrogen-bond acceptors (Lipinski definition) is 7. The molecule has 1 aliphatic rings. The van der Waals surface area contributed by atoms with E-state index in [-0.39, 0.29) is 30.7 Å². The zero-order chi connectivity index (χ0) is 20.6. The molecule has 3 N–H and O–H groups in total. The second-order valence-electron chi connectivity index (χ2n) is 6.78. The molecule has 28 heavy (non-hydrogen) atoms. The van der Waals surface area contributed by atoms with Crippen molar-refractivity contribution in [2.24, 2.45) is 11.7 Å². The number of amides is 2. The Morgan fingerprint density at radius 3 is 1.86 bits per heavy atom. The second kappa shape index (κ2) is 15.6. The Morgan fingerprint density at radius 2 is 1.39 bits per heavy atom. The molecule has 1 saturated heterocycles. The third-order valence-electron chi connectivity index (χ3n) is 4.68. The summed E-state index contributed by atoms with van der Waals surface area (Å²) in [5.41, 5.74) is 5.90. The lowest BCUT2D eigenvalue weighted by atomic mass is 9.99. The lowest BCUT2D eigenvalue weighted by Crippen LogP contribution is -2.46. The molecule has 0 radical (unpaired) electrons. The van der Waals surface area contributed by atoms with Crippen molar-refractivity contribution >= 4 is 11.8 Å². The van der Waals surface area contributed by atoms with Gasteiger partial charge in [0.2, 0.25) is 11.8 Å². The first-order valence-electron chi connectivity index (χ1n) is 10.2. The van der Waals surface area contributed by atoms with E-state index in [9.17, 15) is 9.59 Å². The minimum atomic E-state index is -0.551. The molecule has 1 aliphatic heterocycles. The molecule has 0 aromatic rings. The SMILES string of the molecule is CC[C@H](C)[C@@H](N)C(=O)NCCC(=O)N1CCOCCOCCOCCOCC1. The Hall–Kier alpha value is -1.26. The first-order valence-corrected chi connectivity index (χ1v) is 10.2. The van der Waals surface area contributed by atoms with Crippen molar-refractivity contribution in [1.82, 2.24) is 10.2 Å². The van der Waals surface area contributed by atoms with Crippen molar-refractivity contribution in [3.63, 3.8) is 0 Å². The topological polar surface area (TPSA) is 112 Å². The van der Waals surface area contributed by atoms with Crippen molar-refractivity contribution in [3.8, 4) is 0 Å². The molecule has 164 valence electrons. The van der Waals surface area contributed by atoms with Crippen LogP contribution in [0.25, 0.3) is 0 Å². The summed E-state index contributed by atoms with van der Waals surface area (Å²) in [6.45, 7) is 8.99. The normalized spacial score (nSPS) is 20.5. The van der Waals surface area contributed by atoms with Crippen LogP contribution in [0.5, 0.6) is 0 Å². The van der Waals surface area contributed by atoms with Gasteiger partial charge < -0.3 is 34.9 Å². The highest BCUT2D eigenvalue weighted by atomic mass is 16.6. The fourth-order valence-corrected chi connectivity index (χ4v) is 2.55. The Bertz CT molecular complexity index is 422. The summed E-state index contributed by atoms with van der Waals surface area (Å²) in [7, 11) is 0. The van der Waals surface area contributed by atoms with E-state index in [1.807, 2.05) is 13.8 Å². The van der Waals surface area contributed by atoms with Gasteiger partial charge in [-0.25, -0.2) is 0 Å². The molecule has 0 spiro atoms. The molecule has 0 saturated carbocycles. The molecule has 0 unspecified atom stereocenters. The predicted molar refractivity (Wildman–Crippen MR) is 105 cm³/mol. The summed E-state index contributed by atoms with van der Waals surface area (Å²) in [4.78, 5) is 26.2. The number of nitrogens with two attached hydrogens (primary N) is 1. The Kier molecular flexibility index (Phi) is 13.8. The van der Waals surface area contributed by atoms with Gasteiger partial charge in [0.05, 0.1) is 58.9 Å². The van der Waals surface area contributed by atoms with E-state index in [0.717, 1.165) is 6.42 Å². The number of nitrogens with zero attached hydrogens (tertiary/aromatic N) is 1. The highest BCUT2D eigenvalue weighted by Gasteiger charge is 2.20. The predicted octanol–water partition coefficient (Wildman–Crippen LogP) is -0.225. The number of nitrogens with one attached hydrogen (secondary N) is 1.